The first kappa shape index (κ1) is 15.2. The number of fused-ring (bicyclic) bond motifs is 1. The number of methoxy groups -OCH3 is 1. The van der Waals surface area contributed by atoms with Crippen LogP contribution in [0.5, 0.6) is 0 Å². The van der Waals surface area contributed by atoms with Crippen molar-refractivity contribution in [3.8, 4) is 0 Å². The number of allylic oxidation sites excluding steroid dienone is 1. The highest BCUT2D eigenvalue weighted by Crippen LogP contribution is 2.36. The molecular formula is C16H19N5O2. The van der Waals surface area contributed by atoms with Crippen molar-refractivity contribution in [2.75, 3.05) is 12.4 Å². The Bertz CT molecular complexity index is 751. The van der Waals surface area contributed by atoms with Crippen molar-refractivity contribution in [3.05, 3.63) is 47.2 Å². The van der Waals surface area contributed by atoms with Crippen LogP contribution in [0.4, 0.5) is 5.95 Å². The standard InChI is InChI=1S/C16H19N5O2/c1-4-6-12-13(15(22)23-3)14(11-7-5-8-17-9-11)21-16(19-12)18-10(2)20-21/h5,7-9,14H,4,6H2,1-3H3,(H,18,19,20)/t14-/m1/s1. The molecule has 0 amide bonds. The lowest BCUT2D eigenvalue weighted by Gasteiger charge is -2.28. The molecule has 1 atom stereocenters. The van der Waals surface area contributed by atoms with Crippen molar-refractivity contribution in [1.29, 1.82) is 0 Å². The lowest BCUT2D eigenvalue weighted by molar-refractivity contribution is -0.136. The number of rotatable bonds is 4. The molecule has 2 aromatic heterocycles. The maximum atomic E-state index is 12.5. The van der Waals surface area contributed by atoms with Crippen LogP contribution >= 0.6 is 0 Å². The summed E-state index contributed by atoms with van der Waals surface area (Å²) in [7, 11) is 1.39. The summed E-state index contributed by atoms with van der Waals surface area (Å²) >= 11 is 0. The van der Waals surface area contributed by atoms with Gasteiger partial charge in [0.05, 0.1) is 12.7 Å². The summed E-state index contributed by atoms with van der Waals surface area (Å²) in [4.78, 5) is 21.0. The molecule has 23 heavy (non-hydrogen) atoms. The minimum absolute atomic E-state index is 0.367. The number of carbonyl (C=O) groups is 1. The fraction of sp³-hybridized carbons (Fsp3) is 0.375. The Hall–Kier alpha value is -2.70. The lowest BCUT2D eigenvalue weighted by Crippen LogP contribution is -2.30. The van der Waals surface area contributed by atoms with Gasteiger partial charge in [-0.05, 0) is 25.0 Å². The molecule has 7 nitrogen and oxygen atoms in total. The zero-order valence-corrected chi connectivity index (χ0v) is 13.4. The van der Waals surface area contributed by atoms with Crippen molar-refractivity contribution in [2.45, 2.75) is 32.7 Å². The highest BCUT2D eigenvalue weighted by molar-refractivity contribution is 5.92. The smallest absolute Gasteiger partial charge is 0.338 e. The SMILES string of the molecule is CCCC1=C(C(=O)OC)[C@@H](c2cccnc2)n2nc(C)nc2N1. The fourth-order valence-electron chi connectivity index (χ4n) is 2.82. The molecule has 3 rings (SSSR count). The number of nitrogens with zero attached hydrogens (tertiary/aromatic N) is 4. The van der Waals surface area contributed by atoms with Crippen molar-refractivity contribution in [1.82, 2.24) is 19.7 Å². The van der Waals surface area contributed by atoms with E-state index < -0.39 is 6.04 Å². The van der Waals surface area contributed by atoms with Crippen LogP contribution in [0.3, 0.4) is 0 Å². The normalized spacial score (nSPS) is 16.7. The zero-order valence-electron chi connectivity index (χ0n) is 13.4. The van der Waals surface area contributed by atoms with Crippen LogP contribution in [-0.4, -0.2) is 32.8 Å². The third-order valence-electron chi connectivity index (χ3n) is 3.75. The highest BCUT2D eigenvalue weighted by Gasteiger charge is 2.35. The van der Waals surface area contributed by atoms with Gasteiger partial charge >= 0.3 is 5.97 Å². The van der Waals surface area contributed by atoms with E-state index in [1.807, 2.05) is 19.1 Å². The number of hydrogen-bond donors (Lipinski definition) is 1. The first-order valence-corrected chi connectivity index (χ1v) is 7.57. The highest BCUT2D eigenvalue weighted by atomic mass is 16.5. The second-order valence-electron chi connectivity index (χ2n) is 5.37. The van der Waals surface area contributed by atoms with Crippen LogP contribution in [0.25, 0.3) is 0 Å². The molecule has 1 N–H and O–H groups in total. The molecule has 0 aromatic carbocycles. The number of pyridine rings is 1. The van der Waals surface area contributed by atoms with Crippen LogP contribution in [0, 0.1) is 6.92 Å². The van der Waals surface area contributed by atoms with Crippen LogP contribution in [-0.2, 0) is 9.53 Å². The lowest BCUT2D eigenvalue weighted by atomic mass is 9.95. The van der Waals surface area contributed by atoms with E-state index >= 15 is 0 Å². The molecule has 0 saturated heterocycles. The second-order valence-corrected chi connectivity index (χ2v) is 5.37. The van der Waals surface area contributed by atoms with Crippen LogP contribution in [0.15, 0.2) is 35.8 Å². The molecular weight excluding hydrogens is 294 g/mol. The summed E-state index contributed by atoms with van der Waals surface area (Å²) in [6.45, 7) is 3.89. The summed E-state index contributed by atoms with van der Waals surface area (Å²) in [5.74, 6) is 0.907. The van der Waals surface area contributed by atoms with Crippen molar-refractivity contribution in [2.24, 2.45) is 0 Å². The van der Waals surface area contributed by atoms with Gasteiger partial charge in [0.2, 0.25) is 5.95 Å². The average Bonchev–Trinajstić information content (AvgIpc) is 2.93. The Morgan fingerprint density at radius 3 is 2.96 bits per heavy atom. The maximum Gasteiger partial charge on any atom is 0.338 e. The van der Waals surface area contributed by atoms with Crippen molar-refractivity contribution >= 4 is 11.9 Å². The molecule has 0 radical (unpaired) electrons. The molecule has 0 bridgehead atoms. The van der Waals surface area contributed by atoms with Crippen LogP contribution in [0.2, 0.25) is 0 Å². The van der Waals surface area contributed by atoms with E-state index in [0.717, 1.165) is 24.1 Å². The summed E-state index contributed by atoms with van der Waals surface area (Å²) < 4.78 is 6.74. The van der Waals surface area contributed by atoms with E-state index in [-0.39, 0.29) is 5.97 Å². The fourth-order valence-corrected chi connectivity index (χ4v) is 2.82. The third kappa shape index (κ3) is 2.69. The van der Waals surface area contributed by atoms with Gasteiger partial charge in [0.15, 0.2) is 0 Å². The molecule has 0 aliphatic carbocycles. The summed E-state index contributed by atoms with van der Waals surface area (Å²) in [6.07, 6.45) is 5.07. The summed E-state index contributed by atoms with van der Waals surface area (Å²) in [5, 5.41) is 7.68. The quantitative estimate of drug-likeness (QED) is 0.872. The Labute approximate surface area is 134 Å². The molecule has 120 valence electrons. The van der Waals surface area contributed by atoms with Crippen molar-refractivity contribution in [3.63, 3.8) is 0 Å². The van der Waals surface area contributed by atoms with Gasteiger partial charge in [-0.3, -0.25) is 4.98 Å². The van der Waals surface area contributed by atoms with E-state index in [0.29, 0.717) is 17.3 Å². The van der Waals surface area contributed by atoms with Gasteiger partial charge in [-0.2, -0.15) is 10.1 Å². The molecule has 3 heterocycles. The van der Waals surface area contributed by atoms with Gasteiger partial charge in [0, 0.05) is 18.1 Å². The van der Waals surface area contributed by atoms with E-state index in [4.69, 9.17) is 4.74 Å². The number of hydrogen-bond acceptors (Lipinski definition) is 6. The van der Waals surface area contributed by atoms with Crippen LogP contribution < -0.4 is 5.32 Å². The molecule has 1 aliphatic rings. The monoisotopic (exact) mass is 313 g/mol. The molecule has 0 spiro atoms. The van der Waals surface area contributed by atoms with Gasteiger partial charge in [-0.1, -0.05) is 19.4 Å². The molecule has 0 saturated carbocycles. The Morgan fingerprint density at radius 1 is 1.48 bits per heavy atom. The second kappa shape index (κ2) is 6.20. The summed E-state index contributed by atoms with van der Waals surface area (Å²) in [5.41, 5.74) is 2.25. The number of nitrogens with one attached hydrogen (secondary N) is 1. The van der Waals surface area contributed by atoms with Gasteiger partial charge < -0.3 is 10.1 Å². The zero-order chi connectivity index (χ0) is 16.4. The maximum absolute atomic E-state index is 12.5. The number of ether oxygens (including phenoxy) is 1. The summed E-state index contributed by atoms with van der Waals surface area (Å²) in [6, 6.07) is 3.38. The number of carbonyl (C=O) groups excluding carboxylic acids is 1. The van der Waals surface area contributed by atoms with E-state index in [2.05, 4.69) is 27.3 Å². The third-order valence-corrected chi connectivity index (χ3v) is 3.75. The Balaban J connectivity index is 2.21. The molecule has 2 aromatic rings. The first-order chi connectivity index (χ1) is 11.2. The topological polar surface area (TPSA) is 81.9 Å². The number of aromatic nitrogens is 4. The van der Waals surface area contributed by atoms with E-state index in [9.17, 15) is 4.79 Å². The van der Waals surface area contributed by atoms with Gasteiger partial charge in [0.1, 0.15) is 11.9 Å². The Morgan fingerprint density at radius 2 is 2.30 bits per heavy atom. The number of esters is 1. The predicted octanol–water partition coefficient (Wildman–Crippen LogP) is 2.22. The largest absolute Gasteiger partial charge is 0.466 e. The van der Waals surface area contributed by atoms with Gasteiger partial charge in [0.25, 0.3) is 0 Å². The van der Waals surface area contributed by atoms with E-state index in [1.165, 1.54) is 7.11 Å². The number of aryl methyl sites for hydroxylation is 1. The van der Waals surface area contributed by atoms with Gasteiger partial charge in [-0.15, -0.1) is 0 Å². The van der Waals surface area contributed by atoms with E-state index in [1.54, 1.807) is 17.1 Å². The average molecular weight is 313 g/mol. The predicted molar refractivity (Wildman–Crippen MR) is 84.7 cm³/mol. The molecule has 0 fully saturated rings. The Kier molecular flexibility index (Phi) is 4.10. The molecule has 7 heteroatoms. The van der Waals surface area contributed by atoms with Crippen molar-refractivity contribution < 1.29 is 9.53 Å². The first-order valence-electron chi connectivity index (χ1n) is 7.57. The molecule has 0 unspecified atom stereocenters. The van der Waals surface area contributed by atoms with Crippen LogP contribution in [0.1, 0.15) is 37.2 Å². The number of anilines is 1. The minimum atomic E-state index is -0.393. The molecule has 1 aliphatic heterocycles. The van der Waals surface area contributed by atoms with Gasteiger partial charge in [-0.25, -0.2) is 9.48 Å². The minimum Gasteiger partial charge on any atom is -0.466 e.